The average Bonchev–Trinajstić information content (AvgIpc) is 2.29. The van der Waals surface area contributed by atoms with E-state index < -0.39 is 10.4 Å². The van der Waals surface area contributed by atoms with Gasteiger partial charge >= 0.3 is 10.4 Å². The Hall–Kier alpha value is 0.220. The fraction of sp³-hybridized carbons (Fsp3) is 1.00. The first kappa shape index (κ1) is 20.2. The zero-order valence-corrected chi connectivity index (χ0v) is 14.8. The summed E-state index contributed by atoms with van der Waals surface area (Å²) in [5, 5.41) is 0. The minimum absolute atomic E-state index is 0.106. The van der Waals surface area contributed by atoms with Gasteiger partial charge < -0.3 is 0 Å². The summed E-state index contributed by atoms with van der Waals surface area (Å²) in [7, 11) is -4.22. The van der Waals surface area contributed by atoms with Crippen molar-refractivity contribution in [3.8, 4) is 0 Å². The molecule has 4 nitrogen and oxygen atoms in total. The average molecular weight is 328 g/mol. The highest BCUT2D eigenvalue weighted by atomic mass is 32.3. The minimum Gasteiger partial charge on any atom is -0.264 e. The predicted octanol–water partition coefficient (Wildman–Crippen LogP) is 3.58. The Morgan fingerprint density at radius 1 is 1.00 bits per heavy atom. The Labute approximate surface area is 128 Å². The van der Waals surface area contributed by atoms with Crippen molar-refractivity contribution >= 4 is 21.3 Å². The van der Waals surface area contributed by atoms with E-state index in [-0.39, 0.29) is 17.0 Å². The molecule has 0 saturated carbocycles. The first-order chi connectivity index (χ1) is 9.35. The van der Waals surface area contributed by atoms with Crippen LogP contribution in [0.2, 0.25) is 0 Å². The molecular weight excluding hydrogens is 296 g/mol. The van der Waals surface area contributed by atoms with Crippen LogP contribution in [0.1, 0.15) is 64.7 Å². The van der Waals surface area contributed by atoms with Gasteiger partial charge in [-0.05, 0) is 17.3 Å². The molecule has 0 aromatic heterocycles. The molecule has 0 heterocycles. The maximum atomic E-state index is 10.8. The summed E-state index contributed by atoms with van der Waals surface area (Å²) in [5.74, 6) is 0.691. The maximum absolute atomic E-state index is 10.8. The van der Waals surface area contributed by atoms with Gasteiger partial charge in [-0.15, -0.1) is 0 Å². The van der Waals surface area contributed by atoms with Crippen LogP contribution >= 0.6 is 0 Å². The SMILES string of the molecule is CCCCCCCCCCC(C[S+](C)C)OS(=O)(=O)O. The third-order valence-corrected chi connectivity index (χ3v) is 4.71. The summed E-state index contributed by atoms with van der Waals surface area (Å²) in [6.07, 6.45) is 14.2. The second-order valence-electron chi connectivity index (χ2n) is 5.56. The molecule has 0 radical (unpaired) electrons. The van der Waals surface area contributed by atoms with Crippen LogP contribution in [0.3, 0.4) is 0 Å². The van der Waals surface area contributed by atoms with Crippen LogP contribution in [0.15, 0.2) is 0 Å². The van der Waals surface area contributed by atoms with Crippen molar-refractivity contribution in [3.05, 3.63) is 0 Å². The van der Waals surface area contributed by atoms with E-state index in [1.165, 1.54) is 38.5 Å². The van der Waals surface area contributed by atoms with Crippen molar-refractivity contribution in [1.29, 1.82) is 0 Å². The highest BCUT2D eigenvalue weighted by Crippen LogP contribution is 2.14. The maximum Gasteiger partial charge on any atom is 0.397 e. The quantitative estimate of drug-likeness (QED) is 0.319. The smallest absolute Gasteiger partial charge is 0.264 e. The van der Waals surface area contributed by atoms with Gasteiger partial charge in [0.05, 0.1) is 12.5 Å². The second kappa shape index (κ2) is 11.8. The molecule has 0 spiro atoms. The van der Waals surface area contributed by atoms with Crippen LogP contribution < -0.4 is 0 Å². The van der Waals surface area contributed by atoms with Gasteiger partial charge in [0, 0.05) is 0 Å². The lowest BCUT2D eigenvalue weighted by Gasteiger charge is -2.13. The standard InChI is InChI=1S/C14H30O4S2/c1-4-5-6-7-8-9-10-11-12-14(13-19(2)3)18-20(15,16)17/h14H,4-13H2,1-3H3/p+1. The number of rotatable bonds is 13. The highest BCUT2D eigenvalue weighted by Gasteiger charge is 2.22. The van der Waals surface area contributed by atoms with E-state index in [4.69, 9.17) is 8.74 Å². The van der Waals surface area contributed by atoms with Gasteiger partial charge in [-0.2, -0.15) is 8.42 Å². The lowest BCUT2D eigenvalue weighted by molar-refractivity contribution is 0.189. The molecular formula is C14H31O4S2+. The van der Waals surface area contributed by atoms with Crippen LogP contribution in [0.5, 0.6) is 0 Å². The summed E-state index contributed by atoms with van der Waals surface area (Å²) >= 11 is 0. The van der Waals surface area contributed by atoms with Gasteiger partial charge in [0.25, 0.3) is 0 Å². The Balaban J connectivity index is 3.74. The van der Waals surface area contributed by atoms with Crippen molar-refractivity contribution < 1.29 is 17.2 Å². The van der Waals surface area contributed by atoms with Gasteiger partial charge in [-0.25, -0.2) is 4.18 Å². The van der Waals surface area contributed by atoms with Crippen LogP contribution in [-0.2, 0) is 25.5 Å². The summed E-state index contributed by atoms with van der Waals surface area (Å²) in [4.78, 5) is 0. The third-order valence-electron chi connectivity index (χ3n) is 3.16. The molecule has 1 N–H and O–H groups in total. The second-order valence-corrected chi connectivity index (χ2v) is 8.91. The molecule has 20 heavy (non-hydrogen) atoms. The van der Waals surface area contributed by atoms with Gasteiger partial charge in [0.15, 0.2) is 0 Å². The van der Waals surface area contributed by atoms with E-state index in [2.05, 4.69) is 6.92 Å². The Kier molecular flexibility index (Phi) is 12.0. The molecule has 0 aromatic carbocycles. The van der Waals surface area contributed by atoms with Crippen molar-refractivity contribution in [2.24, 2.45) is 0 Å². The lowest BCUT2D eigenvalue weighted by atomic mass is 10.1. The fourth-order valence-electron chi connectivity index (χ4n) is 2.21. The molecule has 0 aromatic rings. The molecule has 0 amide bonds. The summed E-state index contributed by atoms with van der Waals surface area (Å²) in [6.45, 7) is 2.21. The van der Waals surface area contributed by atoms with E-state index in [0.717, 1.165) is 12.8 Å². The predicted molar refractivity (Wildman–Crippen MR) is 87.7 cm³/mol. The number of unbranched alkanes of at least 4 members (excludes halogenated alkanes) is 7. The first-order valence-corrected chi connectivity index (χ1v) is 11.1. The minimum atomic E-state index is -4.32. The number of hydrogen-bond donors (Lipinski definition) is 1. The van der Waals surface area contributed by atoms with Gasteiger partial charge in [0.1, 0.15) is 11.9 Å². The molecule has 0 bridgehead atoms. The van der Waals surface area contributed by atoms with Crippen molar-refractivity contribution in [2.45, 2.75) is 70.8 Å². The van der Waals surface area contributed by atoms with Gasteiger partial charge in [0.2, 0.25) is 0 Å². The zero-order chi connectivity index (χ0) is 15.4. The normalized spacial score (nSPS) is 13.8. The van der Waals surface area contributed by atoms with E-state index in [1.54, 1.807) is 0 Å². The Morgan fingerprint density at radius 3 is 1.95 bits per heavy atom. The fourth-order valence-corrected chi connectivity index (χ4v) is 3.78. The summed E-state index contributed by atoms with van der Waals surface area (Å²) < 4.78 is 35.1. The molecule has 0 aliphatic rings. The Bertz CT molecular complexity index is 315. The lowest BCUT2D eigenvalue weighted by Crippen LogP contribution is -2.26. The van der Waals surface area contributed by atoms with Crippen molar-refractivity contribution in [2.75, 3.05) is 18.3 Å². The summed E-state index contributed by atoms with van der Waals surface area (Å²) in [6, 6.07) is 0. The van der Waals surface area contributed by atoms with Crippen LogP contribution in [-0.4, -0.2) is 37.3 Å². The number of hydrogen-bond acceptors (Lipinski definition) is 3. The summed E-state index contributed by atoms with van der Waals surface area (Å²) in [5.41, 5.74) is 0. The van der Waals surface area contributed by atoms with Crippen LogP contribution in [0, 0.1) is 0 Å². The molecule has 122 valence electrons. The molecule has 0 aliphatic carbocycles. The topological polar surface area (TPSA) is 63.6 Å². The van der Waals surface area contributed by atoms with Gasteiger partial charge in [-0.1, -0.05) is 58.3 Å². The van der Waals surface area contributed by atoms with Crippen molar-refractivity contribution in [1.82, 2.24) is 0 Å². The molecule has 0 saturated heterocycles. The van der Waals surface area contributed by atoms with E-state index in [1.807, 2.05) is 12.5 Å². The largest absolute Gasteiger partial charge is 0.397 e. The molecule has 0 aliphatic heterocycles. The van der Waals surface area contributed by atoms with Gasteiger partial charge in [-0.3, -0.25) is 4.55 Å². The Morgan fingerprint density at radius 2 is 1.50 bits per heavy atom. The van der Waals surface area contributed by atoms with E-state index >= 15 is 0 Å². The third kappa shape index (κ3) is 14.6. The monoisotopic (exact) mass is 327 g/mol. The van der Waals surface area contributed by atoms with Crippen LogP contribution in [0.25, 0.3) is 0 Å². The first-order valence-electron chi connectivity index (χ1n) is 7.55. The van der Waals surface area contributed by atoms with Crippen molar-refractivity contribution in [3.63, 3.8) is 0 Å². The van der Waals surface area contributed by atoms with E-state index in [9.17, 15) is 8.42 Å². The van der Waals surface area contributed by atoms with Crippen LogP contribution in [0.4, 0.5) is 0 Å². The molecule has 1 unspecified atom stereocenters. The molecule has 0 fully saturated rings. The zero-order valence-electron chi connectivity index (χ0n) is 13.1. The molecule has 0 rings (SSSR count). The molecule has 1 atom stereocenters. The van der Waals surface area contributed by atoms with E-state index in [0.29, 0.717) is 12.2 Å². The highest BCUT2D eigenvalue weighted by molar-refractivity contribution is 7.95. The molecule has 6 heteroatoms.